The van der Waals surface area contributed by atoms with Crippen molar-refractivity contribution in [3.63, 3.8) is 0 Å². The second-order valence-electron chi connectivity index (χ2n) is 4.45. The predicted molar refractivity (Wildman–Crippen MR) is 72.3 cm³/mol. The van der Waals surface area contributed by atoms with E-state index in [-0.39, 0.29) is 18.4 Å². The van der Waals surface area contributed by atoms with E-state index in [9.17, 15) is 9.59 Å². The van der Waals surface area contributed by atoms with Crippen LogP contribution in [0.25, 0.3) is 0 Å². The van der Waals surface area contributed by atoms with Gasteiger partial charge in [-0.15, -0.1) is 0 Å². The topological polar surface area (TPSA) is 52.6 Å². The summed E-state index contributed by atoms with van der Waals surface area (Å²) in [5.74, 6) is -0.754. The first-order valence-electron chi connectivity index (χ1n) is 6.25. The van der Waals surface area contributed by atoms with Crippen LogP contribution in [0.3, 0.4) is 0 Å². The van der Waals surface area contributed by atoms with Crippen LogP contribution in [0, 0.1) is 20.8 Å². The van der Waals surface area contributed by atoms with Crippen molar-refractivity contribution in [2.45, 2.75) is 34.1 Å². The van der Waals surface area contributed by atoms with E-state index in [0.29, 0.717) is 17.7 Å². The van der Waals surface area contributed by atoms with Crippen LogP contribution in [0.4, 0.5) is 0 Å². The molecule has 4 heteroatoms. The smallest absolute Gasteiger partial charge is 0.338 e. The van der Waals surface area contributed by atoms with Gasteiger partial charge in [0.25, 0.3) is 0 Å². The molecule has 1 aromatic carbocycles. The van der Waals surface area contributed by atoms with Crippen LogP contribution in [0.1, 0.15) is 39.5 Å². The Bertz CT molecular complexity index is 503. The number of rotatable bonds is 4. The molecule has 0 aliphatic carbocycles. The van der Waals surface area contributed by atoms with Gasteiger partial charge in [0.05, 0.1) is 25.7 Å². The highest BCUT2D eigenvalue weighted by atomic mass is 16.5. The fourth-order valence-electron chi connectivity index (χ4n) is 2.02. The highest BCUT2D eigenvalue weighted by molar-refractivity contribution is 5.94. The van der Waals surface area contributed by atoms with Gasteiger partial charge in [0, 0.05) is 0 Å². The zero-order chi connectivity index (χ0) is 14.6. The molecular weight excluding hydrogens is 244 g/mol. The minimum atomic E-state index is -0.387. The summed E-state index contributed by atoms with van der Waals surface area (Å²) in [6, 6.07) is 1.85. The Kier molecular flexibility index (Phi) is 5.10. The molecule has 0 radical (unpaired) electrons. The van der Waals surface area contributed by atoms with E-state index in [1.807, 2.05) is 26.8 Å². The predicted octanol–water partition coefficient (Wildman–Crippen LogP) is 2.50. The average molecular weight is 264 g/mol. The Balaban J connectivity index is 3.34. The number of carbonyl (C=O) groups is 2. The highest BCUT2D eigenvalue weighted by Gasteiger charge is 2.20. The molecule has 0 fully saturated rings. The van der Waals surface area contributed by atoms with Gasteiger partial charge < -0.3 is 9.47 Å². The number of carbonyl (C=O) groups excluding carboxylic acids is 2. The Morgan fingerprint density at radius 3 is 2.32 bits per heavy atom. The Hall–Kier alpha value is -1.84. The number of benzene rings is 1. The van der Waals surface area contributed by atoms with Crippen LogP contribution in [-0.2, 0) is 20.7 Å². The van der Waals surface area contributed by atoms with Crippen molar-refractivity contribution in [1.82, 2.24) is 0 Å². The lowest BCUT2D eigenvalue weighted by molar-refractivity contribution is -0.139. The highest BCUT2D eigenvalue weighted by Crippen LogP contribution is 2.23. The molecule has 0 aromatic heterocycles. The molecule has 0 unspecified atom stereocenters. The molecule has 0 saturated carbocycles. The van der Waals surface area contributed by atoms with Gasteiger partial charge in [-0.3, -0.25) is 4.79 Å². The number of hydrogen-bond acceptors (Lipinski definition) is 4. The summed E-state index contributed by atoms with van der Waals surface area (Å²) in [6.45, 7) is 7.85. The summed E-state index contributed by atoms with van der Waals surface area (Å²) in [7, 11) is 1.33. The van der Waals surface area contributed by atoms with Crippen LogP contribution in [0.2, 0.25) is 0 Å². The van der Waals surface area contributed by atoms with Gasteiger partial charge in [-0.25, -0.2) is 4.79 Å². The Labute approximate surface area is 113 Å². The molecule has 1 aromatic rings. The number of ether oxygens (including phenoxy) is 2. The normalized spacial score (nSPS) is 10.2. The second kappa shape index (κ2) is 6.36. The number of methoxy groups -OCH3 is 1. The summed E-state index contributed by atoms with van der Waals surface area (Å²) >= 11 is 0. The minimum absolute atomic E-state index is 0.0760. The lowest BCUT2D eigenvalue weighted by Gasteiger charge is -2.15. The van der Waals surface area contributed by atoms with Crippen LogP contribution in [-0.4, -0.2) is 25.7 Å². The molecule has 4 nitrogen and oxygen atoms in total. The maximum Gasteiger partial charge on any atom is 0.338 e. The van der Waals surface area contributed by atoms with Crippen molar-refractivity contribution >= 4 is 11.9 Å². The molecule has 0 amide bonds. The first kappa shape index (κ1) is 15.2. The zero-order valence-corrected chi connectivity index (χ0v) is 12.1. The lowest BCUT2D eigenvalue weighted by Crippen LogP contribution is -2.15. The van der Waals surface area contributed by atoms with E-state index in [2.05, 4.69) is 4.74 Å². The van der Waals surface area contributed by atoms with Gasteiger partial charge >= 0.3 is 11.9 Å². The van der Waals surface area contributed by atoms with E-state index in [0.717, 1.165) is 16.7 Å². The Morgan fingerprint density at radius 2 is 1.79 bits per heavy atom. The monoisotopic (exact) mass is 264 g/mol. The van der Waals surface area contributed by atoms with Crippen LogP contribution in [0.5, 0.6) is 0 Å². The average Bonchev–Trinajstić information content (AvgIpc) is 2.36. The molecule has 0 bridgehead atoms. The summed E-state index contributed by atoms with van der Waals surface area (Å²) in [5, 5.41) is 0. The van der Waals surface area contributed by atoms with E-state index < -0.39 is 0 Å². The van der Waals surface area contributed by atoms with Crippen LogP contribution in [0.15, 0.2) is 6.07 Å². The number of esters is 2. The molecule has 0 spiro atoms. The molecular formula is C15H20O4. The van der Waals surface area contributed by atoms with E-state index in [4.69, 9.17) is 4.74 Å². The first-order valence-corrected chi connectivity index (χ1v) is 6.25. The molecule has 1 rings (SSSR count). The quantitative estimate of drug-likeness (QED) is 0.784. The lowest BCUT2D eigenvalue weighted by atomic mass is 9.92. The summed E-state index contributed by atoms with van der Waals surface area (Å²) in [6.07, 6.45) is 0.0760. The van der Waals surface area contributed by atoms with Crippen molar-refractivity contribution in [1.29, 1.82) is 0 Å². The largest absolute Gasteiger partial charge is 0.469 e. The van der Waals surface area contributed by atoms with Gasteiger partial charge in [0.15, 0.2) is 0 Å². The summed E-state index contributed by atoms with van der Waals surface area (Å²) in [4.78, 5) is 23.5. The molecule has 0 atom stereocenters. The summed E-state index contributed by atoms with van der Waals surface area (Å²) < 4.78 is 9.74. The molecule has 0 N–H and O–H groups in total. The van der Waals surface area contributed by atoms with E-state index in [1.54, 1.807) is 6.92 Å². The molecule has 104 valence electrons. The van der Waals surface area contributed by atoms with Crippen molar-refractivity contribution < 1.29 is 19.1 Å². The van der Waals surface area contributed by atoms with E-state index in [1.165, 1.54) is 7.11 Å². The second-order valence-corrected chi connectivity index (χ2v) is 4.45. The van der Waals surface area contributed by atoms with E-state index >= 15 is 0 Å². The summed E-state index contributed by atoms with van der Waals surface area (Å²) in [5.41, 5.74) is 4.08. The first-order chi connectivity index (χ1) is 8.92. The van der Waals surface area contributed by atoms with Gasteiger partial charge in [-0.1, -0.05) is 6.07 Å². The van der Waals surface area contributed by atoms with Gasteiger partial charge in [-0.2, -0.15) is 0 Å². The maximum absolute atomic E-state index is 12.0. The molecule has 19 heavy (non-hydrogen) atoms. The number of hydrogen-bond donors (Lipinski definition) is 0. The van der Waals surface area contributed by atoms with Crippen LogP contribution >= 0.6 is 0 Å². The van der Waals surface area contributed by atoms with Crippen molar-refractivity contribution in [3.05, 3.63) is 33.9 Å². The zero-order valence-electron chi connectivity index (χ0n) is 12.1. The molecule has 0 aliphatic heterocycles. The standard InChI is InChI=1S/C15H20O4/c1-6-19-15(17)14-11(4)10(3)9(2)7-12(14)8-13(16)18-5/h7H,6,8H2,1-5H3. The van der Waals surface area contributed by atoms with Crippen molar-refractivity contribution in [3.8, 4) is 0 Å². The fraction of sp³-hybridized carbons (Fsp3) is 0.467. The van der Waals surface area contributed by atoms with Gasteiger partial charge in [0.1, 0.15) is 0 Å². The number of aryl methyl sites for hydroxylation is 1. The van der Waals surface area contributed by atoms with Crippen molar-refractivity contribution in [2.75, 3.05) is 13.7 Å². The molecule has 0 saturated heterocycles. The third-order valence-electron chi connectivity index (χ3n) is 3.28. The third-order valence-corrected chi connectivity index (χ3v) is 3.28. The maximum atomic E-state index is 12.0. The molecule has 0 heterocycles. The van der Waals surface area contributed by atoms with Crippen molar-refractivity contribution in [2.24, 2.45) is 0 Å². The Morgan fingerprint density at radius 1 is 1.16 bits per heavy atom. The fourth-order valence-corrected chi connectivity index (χ4v) is 2.02. The SMILES string of the molecule is CCOC(=O)c1c(CC(=O)OC)cc(C)c(C)c1C. The minimum Gasteiger partial charge on any atom is -0.469 e. The third kappa shape index (κ3) is 3.34. The van der Waals surface area contributed by atoms with Gasteiger partial charge in [-0.05, 0) is 49.9 Å². The molecule has 0 aliphatic rings. The van der Waals surface area contributed by atoms with Gasteiger partial charge in [0.2, 0.25) is 0 Å². The van der Waals surface area contributed by atoms with Crippen LogP contribution < -0.4 is 0 Å².